The Morgan fingerprint density at radius 2 is 1.84 bits per heavy atom. The minimum atomic E-state index is -0.412. The second-order valence-corrected chi connectivity index (χ2v) is 7.83. The average Bonchev–Trinajstić information content (AvgIpc) is 2.45. The maximum absolute atomic E-state index is 12.3. The molecule has 2 aliphatic heterocycles. The van der Waals surface area contributed by atoms with Crippen LogP contribution in [-0.4, -0.2) is 28.7 Å². The van der Waals surface area contributed by atoms with Gasteiger partial charge in [0.15, 0.2) is 0 Å². The molecule has 0 spiro atoms. The first-order valence-electron chi connectivity index (χ1n) is 7.30. The molecule has 0 saturated carbocycles. The highest BCUT2D eigenvalue weighted by atomic mass is 16.6. The zero-order valence-electron chi connectivity index (χ0n) is 13.1. The molecule has 3 nitrogen and oxygen atoms in total. The predicted molar refractivity (Wildman–Crippen MR) is 77.0 cm³/mol. The van der Waals surface area contributed by atoms with Gasteiger partial charge in [-0.3, -0.25) is 4.90 Å². The van der Waals surface area contributed by atoms with E-state index in [1.807, 2.05) is 25.7 Å². The molecule has 1 fully saturated rings. The number of hydrogen-bond acceptors (Lipinski definition) is 2. The molecular formula is C16H27NO2. The Morgan fingerprint density at radius 3 is 2.32 bits per heavy atom. The van der Waals surface area contributed by atoms with Crippen molar-refractivity contribution < 1.29 is 9.53 Å². The molecule has 0 N–H and O–H groups in total. The minimum Gasteiger partial charge on any atom is -0.444 e. The quantitative estimate of drug-likeness (QED) is 0.616. The lowest BCUT2D eigenvalue weighted by atomic mass is 9.81. The first-order chi connectivity index (χ1) is 8.58. The topological polar surface area (TPSA) is 29.5 Å². The normalized spacial score (nSPS) is 27.3. The monoisotopic (exact) mass is 265 g/mol. The first-order valence-corrected chi connectivity index (χ1v) is 7.30. The molecule has 19 heavy (non-hydrogen) atoms. The van der Waals surface area contributed by atoms with E-state index in [1.165, 1.54) is 5.57 Å². The van der Waals surface area contributed by atoms with Gasteiger partial charge in [-0.25, -0.2) is 4.79 Å². The summed E-state index contributed by atoms with van der Waals surface area (Å²) in [6, 6.07) is 0.571. The van der Waals surface area contributed by atoms with Crippen molar-refractivity contribution in [1.29, 1.82) is 0 Å². The lowest BCUT2D eigenvalue weighted by Crippen LogP contribution is -2.46. The van der Waals surface area contributed by atoms with E-state index < -0.39 is 5.60 Å². The van der Waals surface area contributed by atoms with Crippen LogP contribution in [0.1, 0.15) is 60.8 Å². The highest BCUT2D eigenvalue weighted by Gasteiger charge is 2.42. The van der Waals surface area contributed by atoms with E-state index in [0.717, 1.165) is 19.3 Å². The highest BCUT2D eigenvalue weighted by Crippen LogP contribution is 2.41. The predicted octanol–water partition coefficient (Wildman–Crippen LogP) is 4.13. The molecule has 0 aromatic rings. The zero-order valence-corrected chi connectivity index (χ0v) is 13.1. The number of carbonyl (C=O) groups excluding carboxylic acids is 1. The maximum Gasteiger partial charge on any atom is 0.411 e. The summed E-state index contributed by atoms with van der Waals surface area (Å²) < 4.78 is 5.54. The Labute approximate surface area is 117 Å². The van der Waals surface area contributed by atoms with Crippen LogP contribution in [0.4, 0.5) is 4.79 Å². The standard InChI is InChI=1S/C16H27NO2/c1-15(2,3)11-9-12-7-8-13(10-11)17(12)14(18)19-16(4,5)6/h9,12-13H,7-8,10H2,1-6H3. The van der Waals surface area contributed by atoms with Crippen LogP contribution in [0.3, 0.4) is 0 Å². The van der Waals surface area contributed by atoms with Gasteiger partial charge in [-0.1, -0.05) is 32.4 Å². The second kappa shape index (κ2) is 4.53. The lowest BCUT2D eigenvalue weighted by molar-refractivity contribution is 0.0160. The van der Waals surface area contributed by atoms with Crippen LogP contribution in [0.25, 0.3) is 0 Å². The molecule has 2 unspecified atom stereocenters. The van der Waals surface area contributed by atoms with Gasteiger partial charge in [-0.2, -0.15) is 0 Å². The third kappa shape index (κ3) is 3.13. The molecule has 1 saturated heterocycles. The van der Waals surface area contributed by atoms with Crippen LogP contribution in [0.2, 0.25) is 0 Å². The van der Waals surface area contributed by atoms with Crippen molar-refractivity contribution in [3.8, 4) is 0 Å². The minimum absolute atomic E-state index is 0.149. The molecular weight excluding hydrogens is 238 g/mol. The Balaban J connectivity index is 2.15. The number of carbonyl (C=O) groups is 1. The van der Waals surface area contributed by atoms with E-state index in [0.29, 0.717) is 6.04 Å². The van der Waals surface area contributed by atoms with Crippen LogP contribution in [0.5, 0.6) is 0 Å². The van der Waals surface area contributed by atoms with Crippen molar-refractivity contribution in [1.82, 2.24) is 4.90 Å². The second-order valence-electron chi connectivity index (χ2n) is 7.83. The Kier molecular flexibility index (Phi) is 3.44. The highest BCUT2D eigenvalue weighted by molar-refractivity contribution is 5.70. The summed E-state index contributed by atoms with van der Waals surface area (Å²) in [6.07, 6.45) is 5.32. The summed E-state index contributed by atoms with van der Waals surface area (Å²) in [5.41, 5.74) is 1.28. The fourth-order valence-corrected chi connectivity index (χ4v) is 2.99. The summed E-state index contributed by atoms with van der Waals surface area (Å²) in [4.78, 5) is 14.3. The van der Waals surface area contributed by atoms with Crippen LogP contribution in [0.15, 0.2) is 11.6 Å². The summed E-state index contributed by atoms with van der Waals surface area (Å²) in [5, 5.41) is 0. The molecule has 2 bridgehead atoms. The van der Waals surface area contributed by atoms with Gasteiger partial charge in [0, 0.05) is 6.04 Å². The van der Waals surface area contributed by atoms with E-state index in [9.17, 15) is 4.79 Å². The summed E-state index contributed by atoms with van der Waals surface area (Å²) >= 11 is 0. The molecule has 2 atom stereocenters. The summed E-state index contributed by atoms with van der Waals surface area (Å²) in [5.74, 6) is 0. The van der Waals surface area contributed by atoms with E-state index in [-0.39, 0.29) is 17.6 Å². The van der Waals surface area contributed by atoms with Crippen LogP contribution < -0.4 is 0 Å². The first kappa shape index (κ1) is 14.4. The molecule has 3 heteroatoms. The average molecular weight is 265 g/mol. The van der Waals surface area contributed by atoms with E-state index in [4.69, 9.17) is 4.74 Å². The van der Waals surface area contributed by atoms with Gasteiger partial charge >= 0.3 is 6.09 Å². The van der Waals surface area contributed by atoms with Gasteiger partial charge in [0.1, 0.15) is 5.60 Å². The van der Waals surface area contributed by atoms with Gasteiger partial charge in [-0.15, -0.1) is 0 Å². The number of hydrogen-bond donors (Lipinski definition) is 0. The summed E-state index contributed by atoms with van der Waals surface area (Å²) in [7, 11) is 0. The molecule has 108 valence electrons. The van der Waals surface area contributed by atoms with Crippen molar-refractivity contribution in [2.75, 3.05) is 0 Å². The zero-order chi connectivity index (χ0) is 14.4. The van der Waals surface area contributed by atoms with E-state index in [2.05, 4.69) is 26.8 Å². The SMILES string of the molecule is CC(C)(C)OC(=O)N1C2C=C(C(C)(C)C)CC1CC2. The summed E-state index contributed by atoms with van der Waals surface area (Å²) in [6.45, 7) is 12.5. The Bertz CT molecular complexity index is 398. The van der Waals surface area contributed by atoms with Crippen LogP contribution in [0, 0.1) is 5.41 Å². The van der Waals surface area contributed by atoms with Gasteiger partial charge in [0.05, 0.1) is 6.04 Å². The van der Waals surface area contributed by atoms with Crippen molar-refractivity contribution in [2.24, 2.45) is 5.41 Å². The van der Waals surface area contributed by atoms with E-state index >= 15 is 0 Å². The van der Waals surface area contributed by atoms with E-state index in [1.54, 1.807) is 0 Å². The molecule has 0 radical (unpaired) electrons. The van der Waals surface area contributed by atoms with Gasteiger partial charge in [-0.05, 0) is 45.4 Å². The van der Waals surface area contributed by atoms with Gasteiger partial charge < -0.3 is 4.74 Å². The van der Waals surface area contributed by atoms with Crippen LogP contribution >= 0.6 is 0 Å². The molecule has 0 aliphatic carbocycles. The molecule has 0 aromatic heterocycles. The smallest absolute Gasteiger partial charge is 0.411 e. The van der Waals surface area contributed by atoms with Crippen molar-refractivity contribution in [2.45, 2.75) is 78.5 Å². The third-order valence-corrected chi connectivity index (χ3v) is 3.96. The molecule has 2 heterocycles. The number of amides is 1. The molecule has 2 aliphatic rings. The Hall–Kier alpha value is -0.990. The fourth-order valence-electron chi connectivity index (χ4n) is 2.99. The van der Waals surface area contributed by atoms with Crippen molar-refractivity contribution in [3.63, 3.8) is 0 Å². The van der Waals surface area contributed by atoms with Crippen LogP contribution in [-0.2, 0) is 4.74 Å². The number of rotatable bonds is 0. The third-order valence-electron chi connectivity index (χ3n) is 3.96. The molecule has 0 aromatic carbocycles. The lowest BCUT2D eigenvalue weighted by Gasteiger charge is -2.38. The van der Waals surface area contributed by atoms with Gasteiger partial charge in [0.2, 0.25) is 0 Å². The molecule has 2 rings (SSSR count). The fraction of sp³-hybridized carbons (Fsp3) is 0.812. The van der Waals surface area contributed by atoms with Crippen molar-refractivity contribution >= 4 is 6.09 Å². The molecule has 1 amide bonds. The number of ether oxygens (including phenoxy) is 1. The number of fused-ring (bicyclic) bond motifs is 2. The van der Waals surface area contributed by atoms with Crippen molar-refractivity contribution in [3.05, 3.63) is 11.6 Å². The Morgan fingerprint density at radius 1 is 1.21 bits per heavy atom. The largest absolute Gasteiger partial charge is 0.444 e. The maximum atomic E-state index is 12.3. The van der Waals surface area contributed by atoms with Gasteiger partial charge in [0.25, 0.3) is 0 Å². The number of nitrogens with zero attached hydrogens (tertiary/aromatic N) is 1.